The largest absolute Gasteiger partial charge is 0.508 e. The van der Waals surface area contributed by atoms with Gasteiger partial charge in [-0.25, -0.2) is 14.8 Å². The molecule has 15 N–H and O–H groups in total. The molecule has 36 heteroatoms. The summed E-state index contributed by atoms with van der Waals surface area (Å²) in [6.45, 7) is 13.6. The molecule has 2 aromatic carbocycles. The van der Waals surface area contributed by atoms with E-state index in [9.17, 15) is 117 Å². The number of amides is 6. The predicted molar refractivity (Wildman–Crippen MR) is 435 cm³/mol. The van der Waals surface area contributed by atoms with E-state index in [0.29, 0.717) is 35.0 Å². The molecule has 6 rings (SSSR count). The van der Waals surface area contributed by atoms with Gasteiger partial charge in [0, 0.05) is 166 Å². The second-order valence-corrected chi connectivity index (χ2v) is 31.3. The van der Waals surface area contributed by atoms with Crippen LogP contribution in [0.3, 0.4) is 0 Å². The number of carboxylic acids is 3. The second-order valence-electron chi connectivity index (χ2n) is 31.3. The molecule has 3 heterocycles. The summed E-state index contributed by atoms with van der Waals surface area (Å²) in [5, 5.41) is 79.8. The highest BCUT2D eigenvalue weighted by Crippen LogP contribution is 2.42. The number of carbonyl (C=O) groups is 17. The topological polar surface area (TPSA) is 583 Å². The summed E-state index contributed by atoms with van der Waals surface area (Å²) in [5.74, 6) is -21.2. The van der Waals surface area contributed by atoms with Gasteiger partial charge in [-0.05, 0) is 129 Å². The molecule has 1 aliphatic carbocycles. The van der Waals surface area contributed by atoms with Crippen LogP contribution in [0.15, 0.2) is 88.9 Å². The Morgan fingerprint density at radius 3 is 1.49 bits per heavy atom. The Morgan fingerprint density at radius 2 is 1.00 bits per heavy atom. The Bertz CT molecular complexity index is 4760. The number of aromatic nitrogens is 4. The number of nitrogens with one attached hydrogen (secondary N) is 9. The number of Topliss-reactive ketones (excluding diaryl/α,β-unsaturated/α-hetero) is 8. The second kappa shape index (κ2) is 46.4. The molecule has 0 radical (unpaired) electrons. The molecule has 4 aromatic rings. The van der Waals surface area contributed by atoms with Gasteiger partial charge < -0.3 is 87.0 Å². The van der Waals surface area contributed by atoms with Gasteiger partial charge in [0.2, 0.25) is 29.5 Å². The van der Waals surface area contributed by atoms with Crippen LogP contribution < -0.4 is 42.6 Å². The first kappa shape index (κ1) is 97.6. The van der Waals surface area contributed by atoms with Crippen LogP contribution >= 0.6 is 0 Å². The summed E-state index contributed by atoms with van der Waals surface area (Å²) >= 11 is 0. The number of imidazole rings is 2. The smallest absolute Gasteiger partial charge is 0.336 e. The molecule has 0 bridgehead atoms. The van der Waals surface area contributed by atoms with Gasteiger partial charge in [0.15, 0.2) is 40.1 Å². The number of aromatic hydroxyl groups is 1. The minimum atomic E-state index is -1.58. The number of phenolic OH excluding ortho intramolecular Hbond substituents is 1. The summed E-state index contributed by atoms with van der Waals surface area (Å²) in [6.07, 6.45) is -1.34. The molecule has 654 valence electrons. The fourth-order valence-electron chi connectivity index (χ4n) is 13.8. The quantitative estimate of drug-likeness (QED) is 0.0185. The third-order valence-corrected chi connectivity index (χ3v) is 21.3. The van der Waals surface area contributed by atoms with Gasteiger partial charge in [-0.2, -0.15) is 0 Å². The standard InChI is InChI=1S/C85H109N11O25/c1-42(79(113)92-47(6)70(105)29-52(49(8)98)13-11-12-24-88-81(115)53-14-19-61(85(119)120)65(28-53)78-62-20-17-59(101)34-74(62)121-75-35-60(102)18-21-63(75)78)25-68(103)46(5)95-83(117)55(16-23-77(111)112)31-73(108)67(33-58-39-87-41-91-58)96-84(118)64(51(10)100)36-71(106)48(7)93-80(114)43(2)26-69(104)45(4)94-82(116)54(15-22-76(109)110)30-72(107)66(32-57-38-86-40-90-57)89-37-56(50(9)99)27-44(3)97/h14,17-21,28,34-35,38-43,45-48,50-52,54-56,64,66-67,89,99-101H,11-13,15-16,22-27,29-33,36-37H2,1-10H3,(H,86,90)(H,87,91)(H,88,115)(H,92,113)(H,93,114)(H,94,116)(H,95,117)(H,96,118)(H,109,110)(H,111,112)(H,119,120)/t42-,43-,45+,46+,47+,48+,50-,51-,52-,54-,55-,56-,64+,66+,67+/m0/s1. The molecule has 2 aliphatic rings. The minimum Gasteiger partial charge on any atom is -0.508 e. The number of H-pyrrole nitrogens is 2. The highest BCUT2D eigenvalue weighted by molar-refractivity contribution is 6.10. The van der Waals surface area contributed by atoms with E-state index in [0.717, 1.165) is 0 Å². The van der Waals surface area contributed by atoms with E-state index in [1.165, 1.54) is 143 Å². The van der Waals surface area contributed by atoms with Crippen molar-refractivity contribution in [2.24, 2.45) is 41.4 Å². The molecule has 0 saturated heterocycles. The number of aliphatic carboxylic acids is 2. The van der Waals surface area contributed by atoms with E-state index in [-0.39, 0.29) is 108 Å². The van der Waals surface area contributed by atoms with Crippen molar-refractivity contribution in [2.45, 2.75) is 220 Å². The number of aromatic amines is 2. The molecule has 0 spiro atoms. The van der Waals surface area contributed by atoms with Crippen molar-refractivity contribution in [3.8, 4) is 28.2 Å². The maximum absolute atomic E-state index is 14.4. The predicted octanol–water partition coefficient (Wildman–Crippen LogP) is 4.43. The van der Waals surface area contributed by atoms with Crippen molar-refractivity contribution in [3.05, 3.63) is 112 Å². The maximum atomic E-state index is 14.4. The first-order valence-electron chi connectivity index (χ1n) is 40.0. The summed E-state index contributed by atoms with van der Waals surface area (Å²) in [6, 6.07) is 4.61. The first-order chi connectivity index (χ1) is 57.0. The molecule has 2 aromatic heterocycles. The molecule has 0 fully saturated rings. The molecule has 1 aliphatic heterocycles. The van der Waals surface area contributed by atoms with Crippen molar-refractivity contribution >= 4 is 111 Å². The number of nitrogens with zero attached hydrogens (tertiary/aromatic N) is 2. The number of hydrogen-bond donors (Lipinski definition) is 15. The number of aromatic carboxylic acids is 1. The molecule has 0 saturated carbocycles. The number of carboxylic acid groups (broad SMARTS) is 3. The monoisotopic (exact) mass is 1680 g/mol. The highest BCUT2D eigenvalue weighted by Gasteiger charge is 2.38. The highest BCUT2D eigenvalue weighted by atomic mass is 16.4. The van der Waals surface area contributed by atoms with Crippen molar-refractivity contribution in [3.63, 3.8) is 0 Å². The zero-order valence-electron chi connectivity index (χ0n) is 69.2. The van der Waals surface area contributed by atoms with Crippen LogP contribution in [0.1, 0.15) is 191 Å². The minimum absolute atomic E-state index is 0.00641. The van der Waals surface area contributed by atoms with Crippen LogP contribution in [0.25, 0.3) is 33.4 Å². The molecule has 121 heavy (non-hydrogen) atoms. The fraction of sp³-hybridized carbons (Fsp3) is 0.506. The van der Waals surface area contributed by atoms with Crippen molar-refractivity contribution in [1.29, 1.82) is 0 Å². The lowest BCUT2D eigenvalue weighted by Gasteiger charge is -2.26. The molecular formula is C85H109N11O25. The van der Waals surface area contributed by atoms with Gasteiger partial charge in [0.1, 0.15) is 28.7 Å². The fourth-order valence-corrected chi connectivity index (χ4v) is 13.8. The van der Waals surface area contributed by atoms with Crippen LogP contribution in [0.4, 0.5) is 0 Å². The number of aliphatic hydroxyl groups excluding tert-OH is 2. The lowest BCUT2D eigenvalue weighted by molar-refractivity contribution is -0.139. The van der Waals surface area contributed by atoms with Crippen LogP contribution in [-0.2, 0) is 84.8 Å². The maximum Gasteiger partial charge on any atom is 0.336 e. The Balaban J connectivity index is 0.986. The van der Waals surface area contributed by atoms with Crippen LogP contribution in [-0.4, -0.2) is 212 Å². The first-order valence-corrected chi connectivity index (χ1v) is 40.0. The molecular weight excluding hydrogens is 1570 g/mol. The molecule has 0 unspecified atom stereocenters. The Hall–Kier alpha value is -12.2. The number of unbranched alkanes of at least 4 members (excludes halogenated alkanes) is 1. The van der Waals surface area contributed by atoms with Crippen molar-refractivity contribution in [1.82, 2.24) is 57.2 Å². The zero-order chi connectivity index (χ0) is 89.8. The van der Waals surface area contributed by atoms with E-state index >= 15 is 0 Å². The van der Waals surface area contributed by atoms with Gasteiger partial charge >= 0.3 is 17.9 Å². The van der Waals surface area contributed by atoms with Crippen molar-refractivity contribution < 1.29 is 117 Å². The number of ketones is 8. The summed E-state index contributed by atoms with van der Waals surface area (Å²) < 4.78 is 5.91. The lowest BCUT2D eigenvalue weighted by atomic mass is 9.89. The SMILES string of the molecule is CC(=O)C[C@@H](CN[C@H](Cc1c[nH]cn1)C(=O)C[C@H](CCC(=O)O)C(=O)N[C@H](C)C(=O)C[C@H](C)C(=O)N[C@H](C)C(=O)C[C@@H](C(=O)N[C@H](Cc1c[nH]cn1)C(=O)C[C@H](CCC(=O)O)C(=O)N[C@H](C)C(=O)C[C@H](C)C(=O)N[C@H](C)C(=O)C[C@H](CCCCNC(=O)c1ccc(C(=O)O)c(-c2c3ccc(=O)cc-3oc3cc(O)ccc23)c1)C(C)=O)[C@H](C)O)[C@H](C)O. The number of benzene rings is 3. The third kappa shape index (κ3) is 30.2. The van der Waals surface area contributed by atoms with E-state index < -0.39 is 229 Å². The van der Waals surface area contributed by atoms with Gasteiger partial charge in [-0.15, -0.1) is 0 Å². The van der Waals surface area contributed by atoms with Crippen LogP contribution in [0, 0.1) is 41.4 Å². The zero-order valence-corrected chi connectivity index (χ0v) is 69.2. The average molecular weight is 1680 g/mol. The summed E-state index contributed by atoms with van der Waals surface area (Å²) in [7, 11) is 0. The van der Waals surface area contributed by atoms with E-state index in [1.807, 2.05) is 0 Å². The number of hydrogen-bond acceptors (Lipinski definition) is 25. The Labute approximate surface area is 696 Å². The molecule has 15 atom stereocenters. The van der Waals surface area contributed by atoms with Crippen LogP contribution in [0.5, 0.6) is 5.75 Å². The normalized spacial score (nSPS) is 15.1. The Kier molecular flexibility index (Phi) is 37.5. The van der Waals surface area contributed by atoms with Crippen molar-refractivity contribution in [2.75, 3.05) is 13.1 Å². The number of fused-ring (bicyclic) bond motifs is 2. The molecule has 6 amide bonds. The van der Waals surface area contributed by atoms with Gasteiger partial charge in [-0.3, -0.25) is 76.7 Å². The summed E-state index contributed by atoms with van der Waals surface area (Å²) in [5.41, 5.74) is 1.24. The average Bonchev–Trinajstić information content (AvgIpc) is 1.57. The van der Waals surface area contributed by atoms with Gasteiger partial charge in [0.05, 0.1) is 84.0 Å². The third-order valence-electron chi connectivity index (χ3n) is 21.3. The van der Waals surface area contributed by atoms with E-state index in [2.05, 4.69) is 57.2 Å². The number of carbonyl (C=O) groups excluding carboxylic acids is 14. The van der Waals surface area contributed by atoms with Crippen LogP contribution in [0.2, 0.25) is 0 Å². The number of rotatable bonds is 54. The number of phenols is 1. The summed E-state index contributed by atoms with van der Waals surface area (Å²) in [4.78, 5) is 253. The van der Waals surface area contributed by atoms with E-state index in [4.69, 9.17) is 4.42 Å². The van der Waals surface area contributed by atoms with Gasteiger partial charge in [0.25, 0.3) is 5.91 Å². The number of aliphatic hydroxyl groups is 2. The lowest BCUT2D eigenvalue weighted by Crippen LogP contribution is -2.50. The Morgan fingerprint density at radius 1 is 0.496 bits per heavy atom. The van der Waals surface area contributed by atoms with Gasteiger partial charge in [-0.1, -0.05) is 20.3 Å². The van der Waals surface area contributed by atoms with E-state index in [1.54, 1.807) is 6.20 Å². The molecule has 36 nitrogen and oxygen atoms in total.